The fourth-order valence-electron chi connectivity index (χ4n) is 9.23. The van der Waals surface area contributed by atoms with Gasteiger partial charge in [-0.3, -0.25) is 24.6 Å². The Morgan fingerprint density at radius 2 is 1.63 bits per heavy atom. The number of ether oxygens (including phenoxy) is 2. The van der Waals surface area contributed by atoms with Crippen LogP contribution in [0, 0.1) is 23.7 Å². The number of phenols is 2. The number of hydrogen-bond donors (Lipinski definition) is 4. The van der Waals surface area contributed by atoms with Gasteiger partial charge < -0.3 is 24.8 Å². The number of carboxylic acids is 1. The first-order chi connectivity index (χ1) is 27.2. The van der Waals surface area contributed by atoms with Crippen molar-refractivity contribution in [2.75, 3.05) is 24.5 Å². The van der Waals surface area contributed by atoms with Crippen LogP contribution in [0.2, 0.25) is 10.0 Å². The Hall–Kier alpha value is -5.57. The minimum Gasteiger partial charge on any atom is -0.507 e. The molecule has 13 nitrogen and oxygen atoms in total. The highest BCUT2D eigenvalue weighted by molar-refractivity contribution is 9.10. The van der Waals surface area contributed by atoms with Crippen molar-refractivity contribution in [2.45, 2.75) is 24.2 Å². The molecule has 57 heavy (non-hydrogen) atoms. The number of allylic oxidation sites excluding steroid dienone is 2. The van der Waals surface area contributed by atoms with Gasteiger partial charge >= 0.3 is 5.97 Å². The summed E-state index contributed by atoms with van der Waals surface area (Å²) >= 11 is 16.1. The molecule has 4 aromatic rings. The maximum absolute atomic E-state index is 15.5. The van der Waals surface area contributed by atoms with Gasteiger partial charge in [-0.05, 0) is 100 Å². The van der Waals surface area contributed by atoms with Gasteiger partial charge in [0.15, 0.2) is 11.5 Å². The van der Waals surface area contributed by atoms with E-state index in [2.05, 4.69) is 21.4 Å². The van der Waals surface area contributed by atoms with Crippen LogP contribution in [0.1, 0.15) is 40.2 Å². The van der Waals surface area contributed by atoms with Crippen molar-refractivity contribution in [3.63, 3.8) is 0 Å². The fraction of sp³-hybridized carbons (Fsp3) is 0.244. The van der Waals surface area contributed by atoms with Gasteiger partial charge in [0.1, 0.15) is 17.1 Å². The third kappa shape index (κ3) is 5.75. The van der Waals surface area contributed by atoms with E-state index in [-0.39, 0.29) is 45.2 Å². The molecule has 0 bridgehead atoms. The number of hydrogen-bond acceptors (Lipinski definition) is 10. The zero-order chi connectivity index (χ0) is 40.7. The van der Waals surface area contributed by atoms with Crippen LogP contribution >= 0.6 is 39.1 Å². The SMILES string of the molecule is COc1ccc([C@@]23C(=O)N(Nc4ccc(Cl)cc4Cl)C(=O)[C@@H]2C[C@@H]2C(=CC[C@@H]4C(=O)N(c5ccc(C(=O)O)c(O)c5)C(=O)[C@@H]42)[C@@H]3c2cc(Br)c(O)c(OC)c2)cc1. The smallest absolute Gasteiger partial charge is 0.339 e. The number of halogens is 3. The minimum atomic E-state index is -1.67. The van der Waals surface area contributed by atoms with Crippen molar-refractivity contribution in [1.29, 1.82) is 0 Å². The molecule has 0 radical (unpaired) electrons. The molecule has 4 aromatic carbocycles. The Bertz CT molecular complexity index is 2460. The number of fused-ring (bicyclic) bond motifs is 4. The lowest BCUT2D eigenvalue weighted by atomic mass is 9.49. The second-order valence-electron chi connectivity index (χ2n) is 14.3. The van der Waals surface area contributed by atoms with Crippen LogP contribution in [-0.4, -0.2) is 64.1 Å². The summed E-state index contributed by atoms with van der Waals surface area (Å²) in [5.74, 6) is -8.69. The van der Waals surface area contributed by atoms with E-state index in [4.69, 9.17) is 32.7 Å². The van der Waals surface area contributed by atoms with Crippen molar-refractivity contribution >= 4 is 80.1 Å². The molecule has 4 aliphatic rings. The first kappa shape index (κ1) is 38.3. The summed E-state index contributed by atoms with van der Waals surface area (Å²) in [6, 6.07) is 18.1. The predicted molar refractivity (Wildman–Crippen MR) is 211 cm³/mol. The summed E-state index contributed by atoms with van der Waals surface area (Å²) in [5.41, 5.74) is 2.68. The highest BCUT2D eigenvalue weighted by atomic mass is 79.9. The van der Waals surface area contributed by atoms with Crippen LogP contribution in [-0.2, 0) is 24.6 Å². The Morgan fingerprint density at radius 3 is 2.28 bits per heavy atom. The number of carbonyl (C=O) groups is 5. The minimum absolute atomic E-state index is 0.00192. The van der Waals surface area contributed by atoms with E-state index >= 15 is 4.79 Å². The van der Waals surface area contributed by atoms with Gasteiger partial charge in [0.25, 0.3) is 11.8 Å². The molecule has 8 rings (SSSR count). The summed E-state index contributed by atoms with van der Waals surface area (Å²) in [5, 5.41) is 32.3. The lowest BCUT2D eigenvalue weighted by Gasteiger charge is -2.50. The average molecular weight is 878 g/mol. The first-order valence-corrected chi connectivity index (χ1v) is 19.2. The second-order valence-corrected chi connectivity index (χ2v) is 16.0. The maximum atomic E-state index is 15.5. The maximum Gasteiger partial charge on any atom is 0.339 e. The molecule has 2 saturated heterocycles. The highest BCUT2D eigenvalue weighted by Crippen LogP contribution is 2.65. The third-order valence-corrected chi connectivity index (χ3v) is 12.8. The number of amides is 4. The number of anilines is 2. The van der Waals surface area contributed by atoms with Gasteiger partial charge in [0.2, 0.25) is 11.8 Å². The molecule has 2 aliphatic heterocycles. The molecule has 0 unspecified atom stereocenters. The van der Waals surface area contributed by atoms with Crippen LogP contribution < -0.4 is 19.8 Å². The summed E-state index contributed by atoms with van der Waals surface area (Å²) < 4.78 is 11.3. The van der Waals surface area contributed by atoms with Crippen molar-refractivity contribution in [2.24, 2.45) is 23.7 Å². The van der Waals surface area contributed by atoms with E-state index < -0.39 is 75.9 Å². The quantitative estimate of drug-likeness (QED) is 0.105. The molecular formula is C41H32BrCl2N3O10. The summed E-state index contributed by atoms with van der Waals surface area (Å²) in [6.45, 7) is 0. The van der Waals surface area contributed by atoms with E-state index in [0.29, 0.717) is 27.5 Å². The zero-order valence-corrected chi connectivity index (χ0v) is 33.1. The Balaban J connectivity index is 1.33. The molecule has 0 aromatic heterocycles. The monoisotopic (exact) mass is 875 g/mol. The van der Waals surface area contributed by atoms with Crippen LogP contribution in [0.5, 0.6) is 23.0 Å². The second kappa shape index (κ2) is 14.1. The number of phenolic OH excluding ortho intramolecular Hbond substituents is 1. The number of carboxylic acid groups (broad SMARTS) is 1. The molecule has 2 heterocycles. The molecule has 0 spiro atoms. The number of aromatic carboxylic acids is 1. The molecule has 6 atom stereocenters. The van der Waals surface area contributed by atoms with Crippen molar-refractivity contribution in [3.8, 4) is 23.0 Å². The van der Waals surface area contributed by atoms with E-state index in [9.17, 15) is 34.5 Å². The molecule has 4 N–H and O–H groups in total. The highest BCUT2D eigenvalue weighted by Gasteiger charge is 2.70. The average Bonchev–Trinajstić information content (AvgIpc) is 3.57. The first-order valence-electron chi connectivity index (χ1n) is 17.7. The number of aromatic hydroxyl groups is 2. The summed E-state index contributed by atoms with van der Waals surface area (Å²) in [4.78, 5) is 71.8. The van der Waals surface area contributed by atoms with Gasteiger partial charge in [0.05, 0.1) is 58.3 Å². The molecule has 16 heteroatoms. The predicted octanol–water partition coefficient (Wildman–Crippen LogP) is 7.07. The standard InChI is InChI=1S/C41H32BrCl2N3O10/c1-56-22-7-3-19(4-8-22)41-27(37(51)47(40(41)55)45-30-12-5-20(43)15-29(30)44)17-26-23(34(41)18-13-28(42)35(49)32(14-18)57-2)10-11-25-33(26)38(52)46(36(25)50)21-6-9-24(39(53)54)31(48)16-21/h3-10,12-16,25-27,33-34,45,48-49H,11,17H2,1-2H3,(H,53,54)/t25-,26+,27-,33-,34-,41+/m0/s1. The van der Waals surface area contributed by atoms with Crippen LogP contribution in [0.25, 0.3) is 0 Å². The Labute approximate surface area is 343 Å². The number of imide groups is 2. The van der Waals surface area contributed by atoms with Gasteiger partial charge in [-0.2, -0.15) is 5.01 Å². The number of benzene rings is 4. The van der Waals surface area contributed by atoms with Gasteiger partial charge in [-0.25, -0.2) is 9.69 Å². The number of hydrazine groups is 1. The van der Waals surface area contributed by atoms with Crippen molar-refractivity contribution in [3.05, 3.63) is 116 Å². The van der Waals surface area contributed by atoms with E-state index in [0.717, 1.165) is 22.0 Å². The molecule has 3 fully saturated rings. The van der Waals surface area contributed by atoms with E-state index in [1.807, 2.05) is 6.08 Å². The number of carbonyl (C=O) groups excluding carboxylic acids is 4. The number of methoxy groups -OCH3 is 2. The molecule has 292 valence electrons. The number of nitrogens with zero attached hydrogens (tertiary/aromatic N) is 2. The van der Waals surface area contributed by atoms with Gasteiger partial charge in [0, 0.05) is 17.0 Å². The summed E-state index contributed by atoms with van der Waals surface area (Å²) in [7, 11) is 2.88. The van der Waals surface area contributed by atoms with Crippen LogP contribution in [0.4, 0.5) is 11.4 Å². The molecule has 4 amide bonds. The Kier molecular flexibility index (Phi) is 9.49. The van der Waals surface area contributed by atoms with Crippen molar-refractivity contribution < 1.29 is 48.8 Å². The van der Waals surface area contributed by atoms with Gasteiger partial charge in [-0.1, -0.05) is 47.0 Å². The van der Waals surface area contributed by atoms with E-state index in [1.54, 1.807) is 42.5 Å². The topological polar surface area (TPSA) is 183 Å². The molecular weight excluding hydrogens is 845 g/mol. The fourth-order valence-corrected chi connectivity index (χ4v) is 10.1. The van der Waals surface area contributed by atoms with Crippen LogP contribution in [0.15, 0.2) is 88.9 Å². The number of nitrogens with one attached hydrogen (secondary N) is 1. The van der Waals surface area contributed by atoms with Gasteiger partial charge in [-0.15, -0.1) is 0 Å². The van der Waals surface area contributed by atoms with E-state index in [1.165, 1.54) is 32.4 Å². The molecule has 2 aliphatic carbocycles. The number of rotatable bonds is 8. The normalized spacial score (nSPS) is 25.1. The Morgan fingerprint density at radius 1 is 0.895 bits per heavy atom. The lowest BCUT2D eigenvalue weighted by Crippen LogP contribution is -2.53. The summed E-state index contributed by atoms with van der Waals surface area (Å²) in [6.07, 6.45) is 1.92. The molecule has 1 saturated carbocycles. The third-order valence-electron chi connectivity index (χ3n) is 11.7. The zero-order valence-electron chi connectivity index (χ0n) is 30.0. The lowest BCUT2D eigenvalue weighted by molar-refractivity contribution is -0.138. The largest absolute Gasteiger partial charge is 0.507 e. The van der Waals surface area contributed by atoms with Crippen molar-refractivity contribution in [1.82, 2.24) is 5.01 Å². The van der Waals surface area contributed by atoms with Crippen LogP contribution in [0.3, 0.4) is 0 Å².